The van der Waals surface area contributed by atoms with Crippen molar-refractivity contribution in [2.24, 2.45) is 5.73 Å². The van der Waals surface area contributed by atoms with Crippen LogP contribution in [0.1, 0.15) is 63.7 Å². The van der Waals surface area contributed by atoms with Crippen molar-refractivity contribution in [2.45, 2.75) is 31.8 Å². The van der Waals surface area contributed by atoms with E-state index in [9.17, 15) is 14.4 Å². The van der Waals surface area contributed by atoms with Gasteiger partial charge in [0.15, 0.2) is 11.5 Å². The monoisotopic (exact) mass is 556 g/mol. The van der Waals surface area contributed by atoms with Crippen LogP contribution < -0.4 is 20.1 Å². The van der Waals surface area contributed by atoms with Gasteiger partial charge in [0.2, 0.25) is 5.91 Å². The zero-order chi connectivity index (χ0) is 29.1. The molecule has 1 saturated heterocycles. The van der Waals surface area contributed by atoms with Crippen LogP contribution in [0.25, 0.3) is 0 Å². The van der Waals surface area contributed by atoms with E-state index >= 15 is 0 Å². The number of primary amides is 1. The van der Waals surface area contributed by atoms with E-state index in [1.54, 1.807) is 24.3 Å². The number of benzene rings is 3. The zero-order valence-corrected chi connectivity index (χ0v) is 23.7. The molecule has 41 heavy (non-hydrogen) atoms. The Morgan fingerprint density at radius 2 is 1.56 bits per heavy atom. The molecule has 2 aliphatic heterocycles. The van der Waals surface area contributed by atoms with Crippen LogP contribution in [0.2, 0.25) is 0 Å². The van der Waals surface area contributed by atoms with E-state index in [2.05, 4.69) is 41.0 Å². The predicted molar refractivity (Wildman–Crippen MR) is 156 cm³/mol. The summed E-state index contributed by atoms with van der Waals surface area (Å²) in [5.74, 6) is -0.267. The first kappa shape index (κ1) is 28.2. The molecule has 9 nitrogen and oxygen atoms in total. The molecule has 0 aliphatic carbocycles. The largest absolute Gasteiger partial charge is 0.493 e. The molecular formula is C32H36N4O5. The minimum atomic E-state index is -0.703. The van der Waals surface area contributed by atoms with Gasteiger partial charge < -0.3 is 20.1 Å². The van der Waals surface area contributed by atoms with E-state index in [-0.39, 0.29) is 30.7 Å². The molecule has 2 N–H and O–H groups in total. The molecule has 2 heterocycles. The van der Waals surface area contributed by atoms with E-state index in [1.165, 1.54) is 24.7 Å². The molecule has 1 unspecified atom stereocenters. The molecule has 0 spiro atoms. The molecule has 214 valence electrons. The fourth-order valence-electron chi connectivity index (χ4n) is 5.91. The fourth-order valence-corrected chi connectivity index (χ4v) is 5.91. The second kappa shape index (κ2) is 12.0. The summed E-state index contributed by atoms with van der Waals surface area (Å²) in [5, 5.41) is 0. The number of hydrogen-bond acceptors (Lipinski definition) is 7. The summed E-state index contributed by atoms with van der Waals surface area (Å²) in [6, 6.07) is 20.7. The lowest BCUT2D eigenvalue weighted by atomic mass is 9.99. The standard InChI is InChI=1S/C32H36N4O5/c1-21(22-8-5-4-6-9-22)34-16-18-35(19-17-34)26-11-7-10-24-30(26)32(39)36(31(24)38)25(13-15-29(33)37)23-12-14-27(40-2)28(20-23)41-3/h4-12,14,20-21,25H,13,15-19H2,1-3H3,(H2,33,37)/t21-,25?/m1/s1. The number of carbonyl (C=O) groups excluding carboxylic acids is 3. The van der Waals surface area contributed by atoms with Crippen molar-refractivity contribution >= 4 is 23.4 Å². The summed E-state index contributed by atoms with van der Waals surface area (Å²) in [6.45, 7) is 5.34. The summed E-state index contributed by atoms with van der Waals surface area (Å²) in [6.07, 6.45) is 0.211. The highest BCUT2D eigenvalue weighted by Gasteiger charge is 2.43. The van der Waals surface area contributed by atoms with Gasteiger partial charge in [0.05, 0.1) is 37.1 Å². The molecule has 3 aromatic carbocycles. The van der Waals surface area contributed by atoms with E-state index < -0.39 is 11.9 Å². The van der Waals surface area contributed by atoms with Gasteiger partial charge in [-0.15, -0.1) is 0 Å². The third-order valence-corrected chi connectivity index (χ3v) is 8.18. The number of nitrogens with zero attached hydrogens (tertiary/aromatic N) is 3. The highest BCUT2D eigenvalue weighted by Crippen LogP contribution is 2.40. The van der Waals surface area contributed by atoms with Crippen molar-refractivity contribution in [1.29, 1.82) is 0 Å². The topological polar surface area (TPSA) is 105 Å². The minimum absolute atomic E-state index is 0.0147. The first-order valence-corrected chi connectivity index (χ1v) is 13.9. The number of fused-ring (bicyclic) bond motifs is 1. The average molecular weight is 557 g/mol. The Bertz CT molecular complexity index is 1440. The zero-order valence-electron chi connectivity index (χ0n) is 23.7. The third kappa shape index (κ3) is 5.50. The van der Waals surface area contributed by atoms with E-state index in [1.807, 2.05) is 18.2 Å². The highest BCUT2D eigenvalue weighted by molar-refractivity contribution is 6.24. The summed E-state index contributed by atoms with van der Waals surface area (Å²) < 4.78 is 10.8. The number of imide groups is 1. The Balaban J connectivity index is 1.42. The molecule has 0 radical (unpaired) electrons. The SMILES string of the molecule is COc1ccc(C(CCC(N)=O)N2C(=O)c3cccc(N4CCN([C@H](C)c5ccccc5)CC4)c3C2=O)cc1OC. The second-order valence-electron chi connectivity index (χ2n) is 10.4. The predicted octanol–water partition coefficient (Wildman–Crippen LogP) is 4.19. The quantitative estimate of drug-likeness (QED) is 0.373. The normalized spacial score (nSPS) is 16.9. The lowest BCUT2D eigenvalue weighted by molar-refractivity contribution is -0.118. The van der Waals surface area contributed by atoms with Crippen LogP contribution in [0.3, 0.4) is 0 Å². The van der Waals surface area contributed by atoms with Gasteiger partial charge in [-0.1, -0.05) is 42.5 Å². The van der Waals surface area contributed by atoms with Gasteiger partial charge in [-0.05, 0) is 48.7 Å². The molecule has 0 bridgehead atoms. The molecule has 0 aromatic heterocycles. The maximum Gasteiger partial charge on any atom is 0.264 e. The van der Waals surface area contributed by atoms with Crippen molar-refractivity contribution in [3.63, 3.8) is 0 Å². The van der Waals surface area contributed by atoms with Crippen molar-refractivity contribution < 1.29 is 23.9 Å². The number of ether oxygens (including phenoxy) is 2. The van der Waals surface area contributed by atoms with E-state index in [0.29, 0.717) is 28.2 Å². The maximum absolute atomic E-state index is 14.1. The van der Waals surface area contributed by atoms with Crippen LogP contribution >= 0.6 is 0 Å². The number of carbonyl (C=O) groups is 3. The van der Waals surface area contributed by atoms with Crippen molar-refractivity contribution in [3.8, 4) is 11.5 Å². The van der Waals surface area contributed by atoms with Gasteiger partial charge in [-0.25, -0.2) is 0 Å². The number of piperazine rings is 1. The van der Waals surface area contributed by atoms with Gasteiger partial charge >= 0.3 is 0 Å². The van der Waals surface area contributed by atoms with Crippen molar-refractivity contribution in [2.75, 3.05) is 45.3 Å². The Kier molecular flexibility index (Phi) is 8.26. The second-order valence-corrected chi connectivity index (χ2v) is 10.4. The molecular weight excluding hydrogens is 520 g/mol. The number of anilines is 1. The van der Waals surface area contributed by atoms with Gasteiger partial charge in [-0.3, -0.25) is 24.2 Å². The highest BCUT2D eigenvalue weighted by atomic mass is 16.5. The number of methoxy groups -OCH3 is 2. The lowest BCUT2D eigenvalue weighted by Gasteiger charge is -2.39. The minimum Gasteiger partial charge on any atom is -0.493 e. The molecule has 3 amide bonds. The van der Waals surface area contributed by atoms with Gasteiger partial charge in [0, 0.05) is 38.6 Å². The van der Waals surface area contributed by atoms with Crippen LogP contribution in [0, 0.1) is 0 Å². The first-order valence-electron chi connectivity index (χ1n) is 13.9. The fraction of sp³-hybridized carbons (Fsp3) is 0.344. The first-order chi connectivity index (χ1) is 19.8. The lowest BCUT2D eigenvalue weighted by Crippen LogP contribution is -2.47. The van der Waals surface area contributed by atoms with E-state index in [4.69, 9.17) is 15.2 Å². The summed E-state index contributed by atoms with van der Waals surface area (Å²) in [5.41, 5.74) is 8.95. The Labute approximate surface area is 240 Å². The Morgan fingerprint density at radius 3 is 2.22 bits per heavy atom. The van der Waals surface area contributed by atoms with E-state index in [0.717, 1.165) is 31.9 Å². The van der Waals surface area contributed by atoms with Crippen LogP contribution in [-0.2, 0) is 4.79 Å². The van der Waals surface area contributed by atoms with Gasteiger partial charge in [-0.2, -0.15) is 0 Å². The summed E-state index contributed by atoms with van der Waals surface area (Å²) in [4.78, 5) is 45.5. The van der Waals surface area contributed by atoms with Crippen LogP contribution in [0.5, 0.6) is 11.5 Å². The smallest absolute Gasteiger partial charge is 0.264 e. The number of rotatable bonds is 10. The molecule has 0 saturated carbocycles. The molecule has 3 aromatic rings. The number of hydrogen-bond donors (Lipinski definition) is 1. The van der Waals surface area contributed by atoms with Crippen LogP contribution in [0.4, 0.5) is 5.69 Å². The van der Waals surface area contributed by atoms with Crippen molar-refractivity contribution in [1.82, 2.24) is 9.80 Å². The summed E-state index contributed by atoms with van der Waals surface area (Å²) >= 11 is 0. The number of nitrogens with two attached hydrogens (primary N) is 1. The molecule has 2 aliphatic rings. The molecule has 9 heteroatoms. The maximum atomic E-state index is 14.1. The molecule has 2 atom stereocenters. The number of amides is 3. The van der Waals surface area contributed by atoms with Crippen LogP contribution in [0.15, 0.2) is 66.7 Å². The average Bonchev–Trinajstić information content (AvgIpc) is 3.26. The van der Waals surface area contributed by atoms with Crippen LogP contribution in [-0.4, -0.2) is 67.9 Å². The third-order valence-electron chi connectivity index (χ3n) is 8.18. The summed E-state index contributed by atoms with van der Waals surface area (Å²) in [7, 11) is 3.06. The van der Waals surface area contributed by atoms with Crippen molar-refractivity contribution in [3.05, 3.63) is 89.0 Å². The van der Waals surface area contributed by atoms with Gasteiger partial charge in [0.1, 0.15) is 0 Å². The molecule has 5 rings (SSSR count). The Morgan fingerprint density at radius 1 is 0.854 bits per heavy atom. The van der Waals surface area contributed by atoms with Gasteiger partial charge in [0.25, 0.3) is 11.8 Å². The molecule has 1 fully saturated rings. The Hall–Kier alpha value is -4.37.